The molecule has 3 rings (SSSR count). The number of likely N-dealkylation sites (tertiary alicyclic amines) is 1. The van der Waals surface area contributed by atoms with Gasteiger partial charge in [0, 0.05) is 45.0 Å². The number of hydrogen-bond donors (Lipinski definition) is 1. The van der Waals surface area contributed by atoms with E-state index in [1.807, 2.05) is 0 Å². The van der Waals surface area contributed by atoms with Gasteiger partial charge in [0.05, 0.1) is 5.60 Å². The Balaban J connectivity index is 1.63. The number of rotatable bonds is 1. The van der Waals surface area contributed by atoms with Crippen LogP contribution in [0.3, 0.4) is 0 Å². The van der Waals surface area contributed by atoms with E-state index in [2.05, 4.69) is 11.8 Å². The number of hydrogen-bond acceptors (Lipinski definition) is 4. The zero-order chi connectivity index (χ0) is 12.6. The minimum atomic E-state index is 0.108. The predicted molar refractivity (Wildman–Crippen MR) is 70.5 cm³/mol. The van der Waals surface area contributed by atoms with Crippen molar-refractivity contribution in [3.63, 3.8) is 0 Å². The Morgan fingerprint density at radius 3 is 2.61 bits per heavy atom. The van der Waals surface area contributed by atoms with Crippen LogP contribution in [0.1, 0.15) is 32.6 Å². The molecule has 18 heavy (non-hydrogen) atoms. The summed E-state index contributed by atoms with van der Waals surface area (Å²) in [6, 6.07) is 1.03. The molecular formula is C14H26N2O2. The number of nitrogens with zero attached hydrogens (tertiary/aromatic N) is 1. The zero-order valence-electron chi connectivity index (χ0n) is 11.4. The van der Waals surface area contributed by atoms with E-state index in [0.717, 1.165) is 39.2 Å². The van der Waals surface area contributed by atoms with Crippen molar-refractivity contribution >= 4 is 0 Å². The summed E-state index contributed by atoms with van der Waals surface area (Å²) in [5.41, 5.74) is 6.26. The molecule has 3 saturated heterocycles. The number of nitrogens with two attached hydrogens (primary N) is 1. The Labute approximate surface area is 110 Å². The van der Waals surface area contributed by atoms with Gasteiger partial charge < -0.3 is 15.2 Å². The summed E-state index contributed by atoms with van der Waals surface area (Å²) in [6.07, 6.45) is 4.48. The van der Waals surface area contributed by atoms with Gasteiger partial charge in [0.2, 0.25) is 0 Å². The molecule has 0 aromatic rings. The second-order valence-electron chi connectivity index (χ2n) is 6.39. The van der Waals surface area contributed by atoms with Crippen molar-refractivity contribution in [1.82, 2.24) is 4.90 Å². The third kappa shape index (κ3) is 2.44. The highest BCUT2D eigenvalue weighted by Crippen LogP contribution is 2.37. The fourth-order valence-electron chi connectivity index (χ4n) is 3.73. The van der Waals surface area contributed by atoms with Gasteiger partial charge in [-0.25, -0.2) is 0 Å². The summed E-state index contributed by atoms with van der Waals surface area (Å²) in [5, 5.41) is 0. The number of ether oxygens (including phenoxy) is 2. The van der Waals surface area contributed by atoms with E-state index in [-0.39, 0.29) is 5.60 Å². The summed E-state index contributed by atoms with van der Waals surface area (Å²) in [6.45, 7) is 7.14. The first-order valence-electron chi connectivity index (χ1n) is 7.40. The van der Waals surface area contributed by atoms with E-state index in [0.29, 0.717) is 18.0 Å². The van der Waals surface area contributed by atoms with Crippen molar-refractivity contribution in [2.24, 2.45) is 11.7 Å². The van der Waals surface area contributed by atoms with Crippen LogP contribution in [-0.2, 0) is 9.47 Å². The first-order valence-corrected chi connectivity index (χ1v) is 7.40. The van der Waals surface area contributed by atoms with Gasteiger partial charge in [0.15, 0.2) is 0 Å². The van der Waals surface area contributed by atoms with Crippen molar-refractivity contribution in [2.75, 3.05) is 32.9 Å². The maximum absolute atomic E-state index is 6.15. The molecule has 0 radical (unpaired) electrons. The highest BCUT2D eigenvalue weighted by molar-refractivity contribution is 4.96. The Morgan fingerprint density at radius 1 is 1.17 bits per heavy atom. The third-order valence-electron chi connectivity index (χ3n) is 5.09. The first kappa shape index (κ1) is 12.9. The summed E-state index contributed by atoms with van der Waals surface area (Å²) in [5.74, 6) is 0.637. The first-order chi connectivity index (χ1) is 8.69. The van der Waals surface area contributed by atoms with Crippen LogP contribution in [0.25, 0.3) is 0 Å². The van der Waals surface area contributed by atoms with Crippen molar-refractivity contribution in [2.45, 2.75) is 50.3 Å². The Morgan fingerprint density at radius 2 is 1.94 bits per heavy atom. The average Bonchev–Trinajstić information content (AvgIpc) is 2.71. The van der Waals surface area contributed by atoms with Crippen LogP contribution in [0, 0.1) is 5.92 Å². The van der Waals surface area contributed by atoms with E-state index in [1.165, 1.54) is 19.4 Å². The van der Waals surface area contributed by atoms with Gasteiger partial charge in [-0.3, -0.25) is 4.90 Å². The molecule has 4 nitrogen and oxygen atoms in total. The summed E-state index contributed by atoms with van der Waals surface area (Å²) in [4.78, 5) is 2.61. The Hall–Kier alpha value is -0.160. The lowest BCUT2D eigenvalue weighted by Gasteiger charge is -2.45. The molecule has 104 valence electrons. The lowest BCUT2D eigenvalue weighted by atomic mass is 9.83. The van der Waals surface area contributed by atoms with E-state index >= 15 is 0 Å². The van der Waals surface area contributed by atoms with Gasteiger partial charge in [-0.15, -0.1) is 0 Å². The van der Waals surface area contributed by atoms with Gasteiger partial charge >= 0.3 is 0 Å². The topological polar surface area (TPSA) is 47.7 Å². The molecule has 4 heteroatoms. The van der Waals surface area contributed by atoms with E-state index in [9.17, 15) is 0 Å². The fraction of sp³-hybridized carbons (Fsp3) is 1.00. The van der Waals surface area contributed by atoms with Crippen molar-refractivity contribution in [1.29, 1.82) is 0 Å². The lowest BCUT2D eigenvalue weighted by Crippen LogP contribution is -2.51. The molecule has 0 aliphatic carbocycles. The molecule has 3 unspecified atom stereocenters. The molecule has 3 fully saturated rings. The van der Waals surface area contributed by atoms with Crippen molar-refractivity contribution in [3.05, 3.63) is 0 Å². The van der Waals surface area contributed by atoms with Gasteiger partial charge in [-0.1, -0.05) is 6.92 Å². The molecule has 3 atom stereocenters. The SMILES string of the molecule is CC1CN(C2CCOC3(CCOCC3)C2)CC1N. The summed E-state index contributed by atoms with van der Waals surface area (Å²) in [7, 11) is 0. The van der Waals surface area contributed by atoms with Crippen LogP contribution in [0.15, 0.2) is 0 Å². The average molecular weight is 254 g/mol. The quantitative estimate of drug-likeness (QED) is 0.758. The molecular weight excluding hydrogens is 228 g/mol. The van der Waals surface area contributed by atoms with Gasteiger partial charge in [-0.05, 0) is 31.6 Å². The second-order valence-corrected chi connectivity index (χ2v) is 6.39. The zero-order valence-corrected chi connectivity index (χ0v) is 11.4. The maximum Gasteiger partial charge on any atom is 0.0741 e. The summed E-state index contributed by atoms with van der Waals surface area (Å²) >= 11 is 0. The second kappa shape index (κ2) is 5.08. The molecule has 2 N–H and O–H groups in total. The van der Waals surface area contributed by atoms with Crippen LogP contribution >= 0.6 is 0 Å². The lowest BCUT2D eigenvalue weighted by molar-refractivity contribution is -0.150. The molecule has 0 amide bonds. The molecule has 3 heterocycles. The van der Waals surface area contributed by atoms with Gasteiger partial charge in [0.1, 0.15) is 0 Å². The molecule has 3 aliphatic heterocycles. The molecule has 0 bridgehead atoms. The van der Waals surface area contributed by atoms with Crippen LogP contribution < -0.4 is 5.73 Å². The molecule has 3 aliphatic rings. The molecule has 0 aromatic heterocycles. The minimum Gasteiger partial charge on any atom is -0.381 e. The predicted octanol–water partition coefficient (Wildman–Crippen LogP) is 0.994. The largest absolute Gasteiger partial charge is 0.381 e. The van der Waals surface area contributed by atoms with Crippen LogP contribution in [-0.4, -0.2) is 55.5 Å². The van der Waals surface area contributed by atoms with E-state index in [1.54, 1.807) is 0 Å². The van der Waals surface area contributed by atoms with E-state index in [4.69, 9.17) is 15.2 Å². The van der Waals surface area contributed by atoms with Gasteiger partial charge in [-0.2, -0.15) is 0 Å². The van der Waals surface area contributed by atoms with Gasteiger partial charge in [0.25, 0.3) is 0 Å². The monoisotopic (exact) mass is 254 g/mol. The highest BCUT2D eigenvalue weighted by Gasteiger charge is 2.42. The minimum absolute atomic E-state index is 0.108. The Kier molecular flexibility index (Phi) is 3.63. The van der Waals surface area contributed by atoms with Crippen molar-refractivity contribution < 1.29 is 9.47 Å². The normalized spacial score (nSPS) is 41.3. The van der Waals surface area contributed by atoms with Crippen LogP contribution in [0.5, 0.6) is 0 Å². The molecule has 1 spiro atoms. The summed E-state index contributed by atoms with van der Waals surface area (Å²) < 4.78 is 11.6. The van der Waals surface area contributed by atoms with Crippen molar-refractivity contribution in [3.8, 4) is 0 Å². The fourth-order valence-corrected chi connectivity index (χ4v) is 3.73. The molecule has 0 aromatic carbocycles. The standard InChI is InChI=1S/C14H26N2O2/c1-11-9-16(10-13(11)15)12-2-5-18-14(8-12)3-6-17-7-4-14/h11-13H,2-10,15H2,1H3. The highest BCUT2D eigenvalue weighted by atomic mass is 16.5. The van der Waals surface area contributed by atoms with Crippen LogP contribution in [0.2, 0.25) is 0 Å². The molecule has 0 saturated carbocycles. The smallest absolute Gasteiger partial charge is 0.0741 e. The maximum atomic E-state index is 6.15. The Bertz CT molecular complexity index is 276. The van der Waals surface area contributed by atoms with E-state index < -0.39 is 0 Å². The third-order valence-corrected chi connectivity index (χ3v) is 5.09. The van der Waals surface area contributed by atoms with Crippen LogP contribution in [0.4, 0.5) is 0 Å².